The van der Waals surface area contributed by atoms with Gasteiger partial charge >= 0.3 is 5.97 Å². The fraction of sp³-hybridized carbons (Fsp3) is 0.211. The molecule has 6 nitrogen and oxygen atoms in total. The van der Waals surface area contributed by atoms with E-state index in [0.717, 1.165) is 27.7 Å². The second-order valence-corrected chi connectivity index (χ2v) is 6.25. The summed E-state index contributed by atoms with van der Waals surface area (Å²) in [5.41, 5.74) is 3.62. The van der Waals surface area contributed by atoms with Gasteiger partial charge in [0.05, 0.1) is 6.04 Å². The largest absolute Gasteiger partial charge is 0.480 e. The molecule has 1 aromatic heterocycles. The van der Waals surface area contributed by atoms with Gasteiger partial charge in [0.2, 0.25) is 6.75 Å². The summed E-state index contributed by atoms with van der Waals surface area (Å²) in [4.78, 5) is 15.1. The summed E-state index contributed by atoms with van der Waals surface area (Å²) < 4.78 is 25.5. The molecule has 0 spiro atoms. The third kappa shape index (κ3) is 2.18. The molecule has 3 aromatic rings. The van der Waals surface area contributed by atoms with Crippen LogP contribution < -0.4 is 14.8 Å². The van der Waals surface area contributed by atoms with Crippen molar-refractivity contribution in [3.8, 4) is 11.5 Å². The van der Waals surface area contributed by atoms with Crippen molar-refractivity contribution in [1.82, 2.24) is 10.3 Å². The van der Waals surface area contributed by atoms with Crippen LogP contribution in [0.4, 0.5) is 0 Å². The number of rotatable bonds is 2. The van der Waals surface area contributed by atoms with Crippen LogP contribution in [0.5, 0.6) is 11.5 Å². The number of carboxylic acids is 1. The van der Waals surface area contributed by atoms with Gasteiger partial charge in [0.1, 0.15) is 8.78 Å². The maximum Gasteiger partial charge on any atom is 0.321 e. The van der Waals surface area contributed by atoms with Gasteiger partial charge in [-0.05, 0) is 29.3 Å². The summed E-state index contributed by atoms with van der Waals surface area (Å²) in [7, 11) is 0. The van der Waals surface area contributed by atoms with Crippen molar-refractivity contribution in [2.45, 2.75) is 18.5 Å². The Morgan fingerprint density at radius 2 is 2.04 bits per heavy atom. The third-order valence-corrected chi connectivity index (χ3v) is 4.81. The van der Waals surface area contributed by atoms with E-state index in [1.807, 2.05) is 24.3 Å². The lowest BCUT2D eigenvalue weighted by molar-refractivity contribution is -0.139. The highest BCUT2D eigenvalue weighted by Crippen LogP contribution is 2.39. The predicted molar refractivity (Wildman–Crippen MR) is 91.0 cm³/mol. The standard InChI is InChI=1S/C19H16N2O4/c22-19(23)14-8-12-11-3-1-2-4-13(11)20-18(12)17(21-14)10-5-6-15-16(7-10)25-9-24-15/h1-7,14,17,20-21H,8-9H2,(H,22,23)/i9D2. The van der Waals surface area contributed by atoms with Crippen molar-refractivity contribution < 1.29 is 22.1 Å². The number of benzene rings is 2. The van der Waals surface area contributed by atoms with Crippen LogP contribution in [0.3, 0.4) is 0 Å². The highest BCUT2D eigenvalue weighted by atomic mass is 16.7. The zero-order valence-corrected chi connectivity index (χ0v) is 13.1. The van der Waals surface area contributed by atoms with Crippen molar-refractivity contribution in [3.05, 3.63) is 59.3 Å². The number of H-pyrrole nitrogens is 1. The molecule has 6 heteroatoms. The molecular formula is C19H16N2O4. The van der Waals surface area contributed by atoms with E-state index in [9.17, 15) is 9.90 Å². The Balaban J connectivity index is 1.63. The highest BCUT2D eigenvalue weighted by Gasteiger charge is 2.34. The number of carbonyl (C=O) groups is 1. The van der Waals surface area contributed by atoms with Crippen LogP contribution in [-0.4, -0.2) is 28.8 Å². The first-order valence-corrected chi connectivity index (χ1v) is 8.01. The van der Waals surface area contributed by atoms with E-state index in [1.165, 1.54) is 0 Å². The molecule has 0 aliphatic carbocycles. The molecule has 2 aliphatic heterocycles. The molecule has 3 heterocycles. The lowest BCUT2D eigenvalue weighted by Gasteiger charge is -2.29. The second-order valence-electron chi connectivity index (χ2n) is 6.25. The van der Waals surface area contributed by atoms with E-state index in [4.69, 9.17) is 12.2 Å². The van der Waals surface area contributed by atoms with E-state index in [2.05, 4.69) is 10.3 Å². The maximum absolute atomic E-state index is 11.7. The second kappa shape index (κ2) is 5.26. The number of nitrogens with one attached hydrogen (secondary N) is 2. The van der Waals surface area contributed by atoms with E-state index in [0.29, 0.717) is 17.9 Å². The molecule has 126 valence electrons. The van der Waals surface area contributed by atoms with Crippen LogP contribution in [0.1, 0.15) is 25.6 Å². The Bertz CT molecular complexity index is 1080. The molecule has 3 N–H and O–H groups in total. The van der Waals surface area contributed by atoms with Crippen LogP contribution in [0, 0.1) is 0 Å². The van der Waals surface area contributed by atoms with Gasteiger partial charge in [0.25, 0.3) is 0 Å². The molecule has 2 atom stereocenters. The number of hydrogen-bond donors (Lipinski definition) is 3. The number of aromatic amines is 1. The number of hydrogen-bond acceptors (Lipinski definition) is 4. The topological polar surface area (TPSA) is 83.6 Å². The Hall–Kier alpha value is -2.99. The monoisotopic (exact) mass is 338 g/mol. The molecule has 2 aromatic carbocycles. The van der Waals surface area contributed by atoms with E-state index < -0.39 is 18.8 Å². The first kappa shape index (κ1) is 12.4. The van der Waals surface area contributed by atoms with Crippen LogP contribution in [0.2, 0.25) is 0 Å². The molecule has 0 radical (unpaired) electrons. The Labute approximate surface area is 146 Å². The minimum atomic E-state index is -2.20. The summed E-state index contributed by atoms with van der Waals surface area (Å²) in [6, 6.07) is 11.8. The summed E-state index contributed by atoms with van der Waals surface area (Å²) in [6.45, 7) is -2.20. The molecule has 5 rings (SSSR count). The SMILES string of the molecule is [2H]C1([2H])Oc2ccc(C3NC(C(=O)O)Cc4c3[nH]c3ccccc43)cc2O1. The van der Waals surface area contributed by atoms with E-state index in [1.54, 1.807) is 18.2 Å². The molecular weight excluding hydrogens is 320 g/mol. The zero-order valence-electron chi connectivity index (χ0n) is 15.1. The first-order chi connectivity index (χ1) is 12.9. The fourth-order valence-electron chi connectivity index (χ4n) is 3.64. The molecule has 0 bridgehead atoms. The minimum absolute atomic E-state index is 0.300. The molecule has 0 amide bonds. The lowest BCUT2D eigenvalue weighted by Crippen LogP contribution is -2.44. The normalized spacial score (nSPS) is 24.5. The average Bonchev–Trinajstić information content (AvgIpc) is 3.15. The highest BCUT2D eigenvalue weighted by molar-refractivity contribution is 5.87. The summed E-state index contributed by atoms with van der Waals surface area (Å²) in [5, 5.41) is 13.8. The number of aromatic nitrogens is 1. The molecule has 25 heavy (non-hydrogen) atoms. The molecule has 2 unspecified atom stereocenters. The number of carboxylic acid groups (broad SMARTS) is 1. The first-order valence-electron chi connectivity index (χ1n) is 9.01. The van der Waals surface area contributed by atoms with Gasteiger partial charge in [0.15, 0.2) is 11.5 Å². The van der Waals surface area contributed by atoms with Crippen LogP contribution >= 0.6 is 0 Å². The summed E-state index contributed by atoms with van der Waals surface area (Å²) >= 11 is 0. The van der Waals surface area contributed by atoms with Gasteiger partial charge in [-0.25, -0.2) is 0 Å². The van der Waals surface area contributed by atoms with Gasteiger partial charge < -0.3 is 19.6 Å². The Morgan fingerprint density at radius 1 is 1.20 bits per heavy atom. The number of ether oxygens (including phenoxy) is 2. The van der Waals surface area contributed by atoms with Gasteiger partial charge in [-0.2, -0.15) is 0 Å². The summed E-state index contributed by atoms with van der Waals surface area (Å²) in [5.74, 6) is -0.284. The molecule has 0 saturated heterocycles. The zero-order chi connectivity index (χ0) is 18.8. The van der Waals surface area contributed by atoms with Gasteiger partial charge in [-0.1, -0.05) is 24.3 Å². The van der Waals surface area contributed by atoms with Crippen molar-refractivity contribution in [2.24, 2.45) is 0 Å². The van der Waals surface area contributed by atoms with Crippen LogP contribution in [-0.2, 0) is 11.2 Å². The number of aliphatic carboxylic acids is 1. The Morgan fingerprint density at radius 3 is 2.92 bits per heavy atom. The lowest BCUT2D eigenvalue weighted by atomic mass is 9.90. The molecule has 0 saturated carbocycles. The summed E-state index contributed by atoms with van der Waals surface area (Å²) in [6.07, 6.45) is 0.387. The van der Waals surface area contributed by atoms with Crippen molar-refractivity contribution in [3.63, 3.8) is 0 Å². The quantitative estimate of drug-likeness (QED) is 0.669. The van der Waals surface area contributed by atoms with Crippen molar-refractivity contribution >= 4 is 16.9 Å². The van der Waals surface area contributed by atoms with Gasteiger partial charge in [0, 0.05) is 23.0 Å². The number of para-hydroxylation sites is 1. The minimum Gasteiger partial charge on any atom is -0.480 e. The third-order valence-electron chi connectivity index (χ3n) is 4.81. The van der Waals surface area contributed by atoms with E-state index in [-0.39, 0.29) is 6.04 Å². The fourth-order valence-corrected chi connectivity index (χ4v) is 3.64. The van der Waals surface area contributed by atoms with Gasteiger partial charge in [-0.3, -0.25) is 10.1 Å². The van der Waals surface area contributed by atoms with Crippen molar-refractivity contribution in [1.29, 1.82) is 0 Å². The Kier molecular flexibility index (Phi) is 2.60. The number of fused-ring (bicyclic) bond motifs is 4. The van der Waals surface area contributed by atoms with Crippen LogP contribution in [0.15, 0.2) is 42.5 Å². The molecule has 2 aliphatic rings. The van der Waals surface area contributed by atoms with E-state index >= 15 is 0 Å². The molecule has 0 fully saturated rings. The smallest absolute Gasteiger partial charge is 0.321 e. The maximum atomic E-state index is 11.7. The average molecular weight is 338 g/mol. The predicted octanol–water partition coefficient (Wildman–Crippen LogP) is 2.58. The van der Waals surface area contributed by atoms with Gasteiger partial charge in [-0.15, -0.1) is 0 Å². The van der Waals surface area contributed by atoms with Crippen LogP contribution in [0.25, 0.3) is 10.9 Å². The van der Waals surface area contributed by atoms with Crippen molar-refractivity contribution in [2.75, 3.05) is 6.75 Å².